The summed E-state index contributed by atoms with van der Waals surface area (Å²) in [5.41, 5.74) is 0.544. The van der Waals surface area contributed by atoms with E-state index in [0.29, 0.717) is 5.47 Å². The molecular weight excluding hydrogens is 88.9 g/mol. The average molecular weight is 96.9 g/mol. The number of hydrogen-bond donors (Lipinski definition) is 1. The number of likely N-dealkylation sites (N-methyl/N-ethyl adjacent to an activating group) is 1. The van der Waals surface area contributed by atoms with Crippen LogP contribution in [0, 0.1) is 0 Å². The van der Waals surface area contributed by atoms with Crippen LogP contribution in [0.2, 0.25) is 0 Å². The molecule has 0 atom stereocenters. The summed E-state index contributed by atoms with van der Waals surface area (Å²) in [6, 6.07) is 0. The van der Waals surface area contributed by atoms with E-state index in [0.717, 1.165) is 0 Å². The van der Waals surface area contributed by atoms with E-state index >= 15 is 0 Å². The lowest BCUT2D eigenvalue weighted by molar-refractivity contribution is -0.116. The Morgan fingerprint density at radius 3 is 2.29 bits per heavy atom. The minimum Gasteiger partial charge on any atom is -0.356 e. The Balaban J connectivity index is 3.58. The lowest BCUT2D eigenvalue weighted by Crippen LogP contribution is -2.19. The van der Waals surface area contributed by atoms with Gasteiger partial charge in [-0.15, -0.1) is 6.58 Å². The van der Waals surface area contributed by atoms with E-state index in [1.165, 1.54) is 0 Å². The number of nitrogens with one attached hydrogen (secondary N) is 1. The topological polar surface area (TPSA) is 29.1 Å². The Kier molecular flexibility index (Phi) is 2.19. The second-order valence-corrected chi connectivity index (χ2v) is 1.36. The highest BCUT2D eigenvalue weighted by molar-refractivity contribution is 6.35. The molecule has 7 heavy (non-hydrogen) atoms. The normalized spacial score (nSPS) is 7.57. The lowest BCUT2D eigenvalue weighted by atomic mass is 9.97. The molecule has 0 aromatic rings. The van der Waals surface area contributed by atoms with Crippen LogP contribution in [0.25, 0.3) is 0 Å². The van der Waals surface area contributed by atoms with Crippen molar-refractivity contribution in [2.24, 2.45) is 0 Å². The molecule has 0 spiro atoms. The van der Waals surface area contributed by atoms with E-state index in [2.05, 4.69) is 11.9 Å². The maximum absolute atomic E-state index is 10.3. The zero-order valence-electron chi connectivity index (χ0n) is 4.62. The Bertz CT molecular complexity index is 99.9. The lowest BCUT2D eigenvalue weighted by Gasteiger charge is -1.92. The van der Waals surface area contributed by atoms with E-state index in [1.807, 2.05) is 0 Å². The molecule has 1 N–H and O–H groups in total. The van der Waals surface area contributed by atoms with Gasteiger partial charge >= 0.3 is 0 Å². The predicted molar refractivity (Wildman–Crippen MR) is 31.8 cm³/mol. The highest BCUT2D eigenvalue weighted by Crippen LogP contribution is 1.75. The number of carbonyl (C=O) groups is 1. The summed E-state index contributed by atoms with van der Waals surface area (Å²) >= 11 is 0. The molecule has 2 nitrogen and oxygen atoms in total. The van der Waals surface area contributed by atoms with Crippen LogP contribution in [0.1, 0.15) is 0 Å². The van der Waals surface area contributed by atoms with Crippen molar-refractivity contribution in [2.75, 3.05) is 7.05 Å². The van der Waals surface area contributed by atoms with E-state index in [1.54, 1.807) is 14.9 Å². The van der Waals surface area contributed by atoms with Crippen LogP contribution in [-0.4, -0.2) is 20.8 Å². The second kappa shape index (κ2) is 2.45. The summed E-state index contributed by atoms with van der Waals surface area (Å²) < 4.78 is 0. The van der Waals surface area contributed by atoms with Crippen LogP contribution in [-0.2, 0) is 4.79 Å². The smallest absolute Gasteiger partial charge is 0.236 e. The third kappa shape index (κ3) is 2.03. The molecule has 0 aromatic heterocycles. The quantitative estimate of drug-likeness (QED) is 0.326. The van der Waals surface area contributed by atoms with E-state index in [4.69, 9.17) is 0 Å². The molecule has 0 heterocycles. The third-order valence-electron chi connectivity index (χ3n) is 0.615. The van der Waals surface area contributed by atoms with Gasteiger partial charge in [0.1, 0.15) is 7.85 Å². The van der Waals surface area contributed by atoms with E-state index in [9.17, 15) is 4.79 Å². The van der Waals surface area contributed by atoms with E-state index in [-0.39, 0.29) is 5.91 Å². The van der Waals surface area contributed by atoms with Crippen molar-refractivity contribution >= 4 is 13.8 Å². The SMILES string of the molecule is BC(=C)C(=O)NC. The molecule has 0 aliphatic heterocycles. The predicted octanol–water partition coefficient (Wildman–Crippen LogP) is -1.12. The fourth-order valence-electron chi connectivity index (χ4n) is 0.213. The van der Waals surface area contributed by atoms with Crippen molar-refractivity contribution in [3.8, 4) is 0 Å². The zero-order valence-corrected chi connectivity index (χ0v) is 4.62. The van der Waals surface area contributed by atoms with Crippen molar-refractivity contribution in [1.82, 2.24) is 5.32 Å². The standard InChI is InChI=1S/C4H8BNO/c1-3(5)4(7)6-2/h1,5H2,2H3,(H,6,7). The first-order chi connectivity index (χ1) is 3.18. The summed E-state index contributed by atoms with van der Waals surface area (Å²) in [5, 5.41) is 2.43. The molecule has 0 fully saturated rings. The highest BCUT2D eigenvalue weighted by Gasteiger charge is 1.92. The van der Waals surface area contributed by atoms with Crippen LogP contribution in [0.3, 0.4) is 0 Å². The summed E-state index contributed by atoms with van der Waals surface area (Å²) in [6.45, 7) is 3.41. The zero-order chi connectivity index (χ0) is 5.86. The molecule has 3 heteroatoms. The molecule has 0 aliphatic rings. The molecule has 0 aromatic carbocycles. The van der Waals surface area contributed by atoms with Crippen LogP contribution >= 0.6 is 0 Å². The molecule has 0 radical (unpaired) electrons. The summed E-state index contributed by atoms with van der Waals surface area (Å²) in [6.07, 6.45) is 0. The first kappa shape index (κ1) is 6.27. The molecule has 0 saturated heterocycles. The van der Waals surface area contributed by atoms with Gasteiger partial charge in [-0.3, -0.25) is 4.79 Å². The Labute approximate surface area is 44.0 Å². The summed E-state index contributed by atoms with van der Waals surface area (Å²) in [5.74, 6) is -0.0972. The van der Waals surface area contributed by atoms with Crippen LogP contribution in [0.5, 0.6) is 0 Å². The number of hydrogen-bond acceptors (Lipinski definition) is 1. The second-order valence-electron chi connectivity index (χ2n) is 1.36. The van der Waals surface area contributed by atoms with Gasteiger partial charge < -0.3 is 5.32 Å². The minimum atomic E-state index is -0.0972. The largest absolute Gasteiger partial charge is 0.356 e. The number of carbonyl (C=O) groups excluding carboxylic acids is 1. The fourth-order valence-corrected chi connectivity index (χ4v) is 0.213. The van der Waals surface area contributed by atoms with Crippen molar-refractivity contribution in [3.05, 3.63) is 12.1 Å². The Morgan fingerprint density at radius 2 is 2.29 bits per heavy atom. The summed E-state index contributed by atoms with van der Waals surface area (Å²) in [7, 11) is 3.25. The van der Waals surface area contributed by atoms with E-state index < -0.39 is 0 Å². The first-order valence-corrected chi connectivity index (χ1v) is 2.06. The molecule has 0 rings (SSSR count). The third-order valence-corrected chi connectivity index (χ3v) is 0.615. The Hall–Kier alpha value is -0.725. The average Bonchev–Trinajstić information content (AvgIpc) is 1.65. The van der Waals surface area contributed by atoms with Crippen LogP contribution in [0.4, 0.5) is 0 Å². The maximum Gasteiger partial charge on any atom is 0.236 e. The Morgan fingerprint density at radius 1 is 1.86 bits per heavy atom. The minimum absolute atomic E-state index is 0.0972. The molecule has 1 amide bonds. The van der Waals surface area contributed by atoms with Crippen LogP contribution in [0.15, 0.2) is 12.1 Å². The molecule has 0 aliphatic carbocycles. The molecule has 0 bridgehead atoms. The van der Waals surface area contributed by atoms with Crippen molar-refractivity contribution in [1.29, 1.82) is 0 Å². The van der Waals surface area contributed by atoms with Crippen molar-refractivity contribution < 1.29 is 4.79 Å². The molecule has 38 valence electrons. The van der Waals surface area contributed by atoms with Crippen molar-refractivity contribution in [3.63, 3.8) is 0 Å². The van der Waals surface area contributed by atoms with Gasteiger partial charge in [0.05, 0.1) is 0 Å². The number of rotatable bonds is 1. The molecule has 0 saturated carbocycles. The highest BCUT2D eigenvalue weighted by atomic mass is 16.1. The fraction of sp³-hybridized carbons (Fsp3) is 0.250. The van der Waals surface area contributed by atoms with Gasteiger partial charge in [-0.05, 0) is 5.47 Å². The summed E-state index contributed by atoms with van der Waals surface area (Å²) in [4.78, 5) is 10.3. The molecular formula is C4H8BNO. The van der Waals surface area contributed by atoms with Gasteiger partial charge in [-0.2, -0.15) is 0 Å². The van der Waals surface area contributed by atoms with Gasteiger partial charge in [-0.25, -0.2) is 0 Å². The van der Waals surface area contributed by atoms with Gasteiger partial charge in [0.25, 0.3) is 0 Å². The molecule has 0 unspecified atom stereocenters. The maximum atomic E-state index is 10.3. The van der Waals surface area contributed by atoms with Gasteiger partial charge in [0.2, 0.25) is 5.91 Å². The van der Waals surface area contributed by atoms with Gasteiger partial charge in [-0.1, -0.05) is 0 Å². The first-order valence-electron chi connectivity index (χ1n) is 2.06. The van der Waals surface area contributed by atoms with Crippen LogP contribution < -0.4 is 5.32 Å². The van der Waals surface area contributed by atoms with Gasteiger partial charge in [0, 0.05) is 7.05 Å². The monoisotopic (exact) mass is 97.1 g/mol. The van der Waals surface area contributed by atoms with Crippen molar-refractivity contribution in [2.45, 2.75) is 0 Å². The van der Waals surface area contributed by atoms with Gasteiger partial charge in [0.15, 0.2) is 0 Å². The number of amides is 1.